The Morgan fingerprint density at radius 1 is 0.808 bits per heavy atom. The normalized spacial score (nSPS) is 12.6. The predicted molar refractivity (Wildman–Crippen MR) is 113 cm³/mol. The van der Waals surface area contributed by atoms with Crippen LogP contribution in [0.15, 0.2) is 60.7 Å². The zero-order chi connectivity index (χ0) is 17.7. The molecule has 2 heterocycles. The van der Waals surface area contributed by atoms with Crippen molar-refractivity contribution in [3.63, 3.8) is 0 Å². The Kier molecular flexibility index (Phi) is 3.37. The molecule has 0 fully saturated rings. The van der Waals surface area contributed by atoms with Gasteiger partial charge in [0.2, 0.25) is 0 Å². The zero-order valence-corrected chi connectivity index (χ0v) is 15.0. The molecule has 3 nitrogen and oxygen atoms in total. The van der Waals surface area contributed by atoms with Gasteiger partial charge in [-0.25, -0.2) is 0 Å². The zero-order valence-electron chi connectivity index (χ0n) is 15.0. The second kappa shape index (κ2) is 5.75. The predicted octanol–water partition coefficient (Wildman–Crippen LogP) is 5.53. The van der Waals surface area contributed by atoms with Crippen molar-refractivity contribution < 1.29 is 0 Å². The number of aromatic nitrogens is 2. The van der Waals surface area contributed by atoms with E-state index in [0.29, 0.717) is 0 Å². The van der Waals surface area contributed by atoms with Crippen LogP contribution in [-0.2, 0) is 0 Å². The number of para-hydroxylation sites is 2. The van der Waals surface area contributed by atoms with Gasteiger partial charge in [-0.05, 0) is 32.3 Å². The van der Waals surface area contributed by atoms with Gasteiger partial charge in [0.1, 0.15) is 0 Å². The van der Waals surface area contributed by atoms with Gasteiger partial charge in [0, 0.05) is 50.2 Å². The number of rotatable bonds is 3. The molecule has 5 rings (SSSR count). The van der Waals surface area contributed by atoms with Crippen molar-refractivity contribution in [3.05, 3.63) is 66.2 Å². The average molecular weight is 339 g/mol. The van der Waals surface area contributed by atoms with Crippen molar-refractivity contribution in [2.24, 2.45) is 0 Å². The summed E-state index contributed by atoms with van der Waals surface area (Å²) in [4.78, 5) is 9.43. The highest BCUT2D eigenvalue weighted by atomic mass is 15.0. The van der Waals surface area contributed by atoms with Gasteiger partial charge in [0.05, 0.1) is 5.52 Å². The molecule has 3 aromatic carbocycles. The maximum absolute atomic E-state index is 3.65. The third kappa shape index (κ3) is 2.25. The molecule has 0 saturated carbocycles. The van der Waals surface area contributed by atoms with E-state index in [0.717, 1.165) is 6.54 Å². The third-order valence-corrected chi connectivity index (χ3v) is 5.06. The van der Waals surface area contributed by atoms with Crippen LogP contribution in [0.4, 0.5) is 0 Å². The topological polar surface area (TPSA) is 34.8 Å². The lowest BCUT2D eigenvalue weighted by atomic mass is 10.0. The summed E-state index contributed by atoms with van der Waals surface area (Å²) in [7, 11) is 4.18. The van der Waals surface area contributed by atoms with E-state index in [9.17, 15) is 0 Å². The van der Waals surface area contributed by atoms with Crippen LogP contribution in [-0.4, -0.2) is 35.5 Å². The molecule has 0 saturated heterocycles. The van der Waals surface area contributed by atoms with Crippen molar-refractivity contribution >= 4 is 49.7 Å². The monoisotopic (exact) mass is 339 g/mol. The Labute approximate surface area is 151 Å². The lowest BCUT2D eigenvalue weighted by Crippen LogP contribution is -2.10. The number of hydrogen-bond donors (Lipinski definition) is 2. The number of benzene rings is 3. The van der Waals surface area contributed by atoms with Crippen LogP contribution >= 0.6 is 0 Å². The molecule has 0 aliphatic heterocycles. The molecule has 3 heteroatoms. The summed E-state index contributed by atoms with van der Waals surface area (Å²) in [6.45, 7) is 0.917. The highest BCUT2D eigenvalue weighted by molar-refractivity contribution is 6.21. The van der Waals surface area contributed by atoms with Gasteiger partial charge in [-0.1, -0.05) is 48.6 Å². The minimum atomic E-state index is 0.917. The van der Waals surface area contributed by atoms with Crippen molar-refractivity contribution in [2.45, 2.75) is 0 Å². The molecule has 0 bridgehead atoms. The first-order valence-electron chi connectivity index (χ1n) is 8.97. The SMILES string of the molecule is CN(C)C/C=C\c1c2[nH]c3ccccc3c2cc2[nH]c3ccccc3c12. The van der Waals surface area contributed by atoms with Gasteiger partial charge in [0.25, 0.3) is 0 Å². The second-order valence-corrected chi connectivity index (χ2v) is 7.14. The Morgan fingerprint density at radius 2 is 1.50 bits per heavy atom. The molecule has 26 heavy (non-hydrogen) atoms. The van der Waals surface area contributed by atoms with E-state index in [1.54, 1.807) is 0 Å². The number of H-pyrrole nitrogens is 2. The second-order valence-electron chi connectivity index (χ2n) is 7.14. The molecule has 0 unspecified atom stereocenters. The summed E-state index contributed by atoms with van der Waals surface area (Å²) < 4.78 is 0. The molecule has 0 aliphatic rings. The standard InChI is InChI=1S/C23H21N3/c1-26(2)13-7-10-17-22-16-9-4-6-12-20(16)24-21(22)14-18-15-8-3-5-11-19(15)25-23(17)18/h3-12,14,24-25H,13H2,1-2H3/b10-7-. The lowest BCUT2D eigenvalue weighted by Gasteiger charge is -2.06. The van der Waals surface area contributed by atoms with Gasteiger partial charge in [-0.15, -0.1) is 0 Å². The Bertz CT molecular complexity index is 1280. The van der Waals surface area contributed by atoms with Crippen LogP contribution in [0.25, 0.3) is 49.7 Å². The number of fused-ring (bicyclic) bond motifs is 6. The van der Waals surface area contributed by atoms with Crippen LogP contribution in [0.2, 0.25) is 0 Å². The average Bonchev–Trinajstić information content (AvgIpc) is 3.19. The number of hydrogen-bond acceptors (Lipinski definition) is 1. The van der Waals surface area contributed by atoms with E-state index in [2.05, 4.69) is 95.7 Å². The number of nitrogens with zero attached hydrogens (tertiary/aromatic N) is 1. The van der Waals surface area contributed by atoms with Crippen LogP contribution in [0, 0.1) is 0 Å². The first-order chi connectivity index (χ1) is 12.7. The maximum atomic E-state index is 3.65. The first kappa shape index (κ1) is 15.2. The molecule has 0 spiro atoms. The number of nitrogens with one attached hydrogen (secondary N) is 2. The third-order valence-electron chi connectivity index (χ3n) is 5.06. The van der Waals surface area contributed by atoms with Gasteiger partial charge >= 0.3 is 0 Å². The summed E-state index contributed by atoms with van der Waals surface area (Å²) >= 11 is 0. The molecule has 5 aromatic rings. The molecule has 0 amide bonds. The molecule has 0 aliphatic carbocycles. The molecular weight excluding hydrogens is 318 g/mol. The minimum Gasteiger partial charge on any atom is -0.354 e. The number of likely N-dealkylation sites (N-methyl/N-ethyl adjacent to an activating group) is 1. The summed E-state index contributed by atoms with van der Waals surface area (Å²) in [5.41, 5.74) is 6.02. The lowest BCUT2D eigenvalue weighted by molar-refractivity contribution is 0.457. The summed E-state index contributed by atoms with van der Waals surface area (Å²) in [5.74, 6) is 0. The fourth-order valence-electron chi connectivity index (χ4n) is 3.90. The van der Waals surface area contributed by atoms with Crippen LogP contribution in [0.1, 0.15) is 5.56 Å². The summed E-state index contributed by atoms with van der Waals surface area (Å²) in [6.07, 6.45) is 4.50. The minimum absolute atomic E-state index is 0.917. The Hall–Kier alpha value is -3.04. The summed E-state index contributed by atoms with van der Waals surface area (Å²) in [5, 5.41) is 5.09. The molecular formula is C23H21N3. The molecule has 0 radical (unpaired) electrons. The Morgan fingerprint density at radius 3 is 2.27 bits per heavy atom. The van der Waals surface area contributed by atoms with Crippen LogP contribution in [0.3, 0.4) is 0 Å². The molecule has 2 aromatic heterocycles. The van der Waals surface area contributed by atoms with Crippen molar-refractivity contribution in [2.75, 3.05) is 20.6 Å². The fourth-order valence-corrected chi connectivity index (χ4v) is 3.90. The van der Waals surface area contributed by atoms with E-state index in [1.807, 2.05) is 0 Å². The fraction of sp³-hybridized carbons (Fsp3) is 0.130. The van der Waals surface area contributed by atoms with E-state index in [-0.39, 0.29) is 0 Å². The smallest absolute Gasteiger partial charge is 0.0546 e. The van der Waals surface area contributed by atoms with Crippen molar-refractivity contribution in [3.8, 4) is 0 Å². The van der Waals surface area contributed by atoms with Crippen LogP contribution < -0.4 is 0 Å². The van der Waals surface area contributed by atoms with Crippen molar-refractivity contribution in [1.82, 2.24) is 14.9 Å². The van der Waals surface area contributed by atoms with Gasteiger partial charge in [0.15, 0.2) is 0 Å². The highest BCUT2D eigenvalue weighted by Gasteiger charge is 2.14. The van der Waals surface area contributed by atoms with E-state index >= 15 is 0 Å². The first-order valence-corrected chi connectivity index (χ1v) is 8.97. The van der Waals surface area contributed by atoms with Gasteiger partial charge in [-0.2, -0.15) is 0 Å². The molecule has 128 valence electrons. The van der Waals surface area contributed by atoms with Crippen LogP contribution in [0.5, 0.6) is 0 Å². The quantitative estimate of drug-likeness (QED) is 0.445. The van der Waals surface area contributed by atoms with Gasteiger partial charge < -0.3 is 14.9 Å². The van der Waals surface area contributed by atoms with E-state index < -0.39 is 0 Å². The molecule has 2 N–H and O–H groups in total. The van der Waals surface area contributed by atoms with E-state index in [1.165, 1.54) is 49.2 Å². The molecule has 0 atom stereocenters. The van der Waals surface area contributed by atoms with Gasteiger partial charge in [-0.3, -0.25) is 0 Å². The number of aromatic amines is 2. The van der Waals surface area contributed by atoms with E-state index in [4.69, 9.17) is 0 Å². The van der Waals surface area contributed by atoms with Crippen molar-refractivity contribution in [1.29, 1.82) is 0 Å². The Balaban J connectivity index is 1.93. The highest BCUT2D eigenvalue weighted by Crippen LogP contribution is 2.37. The largest absolute Gasteiger partial charge is 0.354 e. The maximum Gasteiger partial charge on any atom is 0.0546 e. The summed E-state index contributed by atoms with van der Waals surface area (Å²) in [6, 6.07) is 19.4.